The Morgan fingerprint density at radius 2 is 2.05 bits per heavy atom. The molecule has 1 N–H and O–H groups in total. The molecule has 0 aromatic heterocycles. The highest BCUT2D eigenvalue weighted by Crippen LogP contribution is 2.14. The van der Waals surface area contributed by atoms with Crippen molar-refractivity contribution in [2.45, 2.75) is 6.42 Å². The standard InChI is InChI=1S/C18H16BrN3/c19-16-8-3-5-14(13-16)6-4-11-21-22-18-17-9-2-1-7-15(17)10-12-20-18/h1-9,11,13H,10,12H2,(H,20,22). The summed E-state index contributed by atoms with van der Waals surface area (Å²) in [4.78, 5) is 4.50. The molecule has 1 heterocycles. The normalized spacial score (nSPS) is 14.1. The zero-order valence-electron chi connectivity index (χ0n) is 12.0. The number of rotatable bonds is 3. The molecule has 22 heavy (non-hydrogen) atoms. The molecular formula is C18H16BrN3. The van der Waals surface area contributed by atoms with E-state index in [-0.39, 0.29) is 0 Å². The molecular weight excluding hydrogens is 338 g/mol. The van der Waals surface area contributed by atoms with Gasteiger partial charge in [0.2, 0.25) is 0 Å². The average Bonchev–Trinajstić information content (AvgIpc) is 2.55. The number of halogens is 1. The van der Waals surface area contributed by atoms with E-state index in [1.54, 1.807) is 6.21 Å². The SMILES string of the molecule is Brc1cccc(C=CC=NNC2=NCCc3ccccc32)c1. The molecule has 0 bridgehead atoms. The van der Waals surface area contributed by atoms with Crippen molar-refractivity contribution < 1.29 is 0 Å². The quantitative estimate of drug-likeness (QED) is 0.656. The lowest BCUT2D eigenvalue weighted by Crippen LogP contribution is -2.24. The number of fused-ring (bicyclic) bond motifs is 1. The lowest BCUT2D eigenvalue weighted by atomic mass is 10.0. The van der Waals surface area contributed by atoms with Crippen LogP contribution in [0.1, 0.15) is 16.7 Å². The van der Waals surface area contributed by atoms with Crippen LogP contribution in [0.25, 0.3) is 6.08 Å². The minimum Gasteiger partial charge on any atom is -0.266 e. The number of amidine groups is 1. The Morgan fingerprint density at radius 1 is 1.14 bits per heavy atom. The topological polar surface area (TPSA) is 36.8 Å². The van der Waals surface area contributed by atoms with Crippen LogP contribution in [0, 0.1) is 0 Å². The van der Waals surface area contributed by atoms with Crippen LogP contribution in [0.3, 0.4) is 0 Å². The molecule has 0 saturated heterocycles. The number of hydrogen-bond donors (Lipinski definition) is 1. The number of allylic oxidation sites excluding steroid dienone is 1. The van der Waals surface area contributed by atoms with Crippen LogP contribution in [0.15, 0.2) is 69.2 Å². The fraction of sp³-hybridized carbons (Fsp3) is 0.111. The van der Waals surface area contributed by atoms with Crippen molar-refractivity contribution in [3.8, 4) is 0 Å². The van der Waals surface area contributed by atoms with Crippen LogP contribution in [-0.2, 0) is 6.42 Å². The molecule has 0 unspecified atom stereocenters. The van der Waals surface area contributed by atoms with Gasteiger partial charge in [0.15, 0.2) is 0 Å². The lowest BCUT2D eigenvalue weighted by Gasteiger charge is -2.15. The van der Waals surface area contributed by atoms with Crippen LogP contribution >= 0.6 is 15.9 Å². The first kappa shape index (κ1) is 14.7. The van der Waals surface area contributed by atoms with E-state index in [4.69, 9.17) is 0 Å². The summed E-state index contributed by atoms with van der Waals surface area (Å²) in [6.45, 7) is 0.808. The number of hydrazone groups is 1. The van der Waals surface area contributed by atoms with Crippen molar-refractivity contribution in [2.24, 2.45) is 10.1 Å². The predicted molar refractivity (Wildman–Crippen MR) is 96.4 cm³/mol. The highest BCUT2D eigenvalue weighted by atomic mass is 79.9. The van der Waals surface area contributed by atoms with Crippen LogP contribution < -0.4 is 5.43 Å². The first-order valence-electron chi connectivity index (χ1n) is 7.17. The van der Waals surface area contributed by atoms with Crippen molar-refractivity contribution in [1.29, 1.82) is 0 Å². The van der Waals surface area contributed by atoms with Crippen LogP contribution in [0.4, 0.5) is 0 Å². The van der Waals surface area contributed by atoms with Crippen LogP contribution in [0.2, 0.25) is 0 Å². The molecule has 0 radical (unpaired) electrons. The zero-order valence-corrected chi connectivity index (χ0v) is 13.6. The molecule has 1 aliphatic heterocycles. The molecule has 0 aliphatic carbocycles. The van der Waals surface area contributed by atoms with Crippen molar-refractivity contribution in [3.63, 3.8) is 0 Å². The first-order chi connectivity index (χ1) is 10.8. The zero-order chi connectivity index (χ0) is 15.2. The Labute approximate surface area is 138 Å². The third kappa shape index (κ3) is 3.71. The molecule has 4 heteroatoms. The summed E-state index contributed by atoms with van der Waals surface area (Å²) >= 11 is 3.46. The Balaban J connectivity index is 1.62. The predicted octanol–water partition coefficient (Wildman–Crippen LogP) is 4.04. The maximum atomic E-state index is 4.50. The average molecular weight is 354 g/mol. The second kappa shape index (κ2) is 7.18. The molecule has 3 nitrogen and oxygen atoms in total. The smallest absolute Gasteiger partial charge is 0.149 e. The minimum absolute atomic E-state index is 0.808. The molecule has 0 atom stereocenters. The van der Waals surface area contributed by atoms with Crippen molar-refractivity contribution in [2.75, 3.05) is 6.54 Å². The van der Waals surface area contributed by atoms with Crippen molar-refractivity contribution >= 4 is 34.1 Å². The summed E-state index contributed by atoms with van der Waals surface area (Å²) in [5.74, 6) is 0.842. The van der Waals surface area contributed by atoms with Gasteiger partial charge in [0.05, 0.1) is 0 Å². The van der Waals surface area contributed by atoms with E-state index in [9.17, 15) is 0 Å². The second-order valence-electron chi connectivity index (χ2n) is 4.94. The lowest BCUT2D eigenvalue weighted by molar-refractivity contribution is 0.902. The highest BCUT2D eigenvalue weighted by molar-refractivity contribution is 9.10. The van der Waals surface area contributed by atoms with Gasteiger partial charge < -0.3 is 0 Å². The van der Waals surface area contributed by atoms with Crippen LogP contribution in [-0.4, -0.2) is 18.6 Å². The largest absolute Gasteiger partial charge is 0.266 e. The number of hydrogen-bond acceptors (Lipinski definition) is 3. The number of benzene rings is 2. The highest BCUT2D eigenvalue weighted by Gasteiger charge is 2.11. The molecule has 3 rings (SSSR count). The summed E-state index contributed by atoms with van der Waals surface area (Å²) in [5.41, 5.74) is 6.62. The second-order valence-corrected chi connectivity index (χ2v) is 5.86. The van der Waals surface area contributed by atoms with E-state index >= 15 is 0 Å². The Hall–Kier alpha value is -2.20. The Bertz CT molecular complexity index is 748. The third-order valence-corrected chi connectivity index (χ3v) is 3.89. The molecule has 2 aromatic rings. The van der Waals surface area contributed by atoms with Gasteiger partial charge in [-0.3, -0.25) is 10.4 Å². The van der Waals surface area contributed by atoms with Crippen LogP contribution in [0.5, 0.6) is 0 Å². The van der Waals surface area contributed by atoms with Gasteiger partial charge >= 0.3 is 0 Å². The first-order valence-corrected chi connectivity index (χ1v) is 7.96. The Kier molecular flexibility index (Phi) is 4.81. The molecule has 1 aliphatic rings. The van der Waals surface area contributed by atoms with Gasteiger partial charge in [0.25, 0.3) is 0 Å². The van der Waals surface area contributed by atoms with Gasteiger partial charge in [-0.1, -0.05) is 58.4 Å². The summed E-state index contributed by atoms with van der Waals surface area (Å²) in [6, 6.07) is 16.4. The van der Waals surface area contributed by atoms with E-state index in [0.29, 0.717) is 0 Å². The fourth-order valence-corrected chi connectivity index (χ4v) is 2.76. The maximum Gasteiger partial charge on any atom is 0.149 e. The van der Waals surface area contributed by atoms with Crippen molar-refractivity contribution in [3.05, 3.63) is 75.8 Å². The third-order valence-electron chi connectivity index (χ3n) is 3.39. The van der Waals surface area contributed by atoms with E-state index in [1.807, 2.05) is 36.4 Å². The molecule has 0 fully saturated rings. The number of nitrogens with one attached hydrogen (secondary N) is 1. The van der Waals surface area contributed by atoms with Crippen molar-refractivity contribution in [1.82, 2.24) is 5.43 Å². The van der Waals surface area contributed by atoms with Gasteiger partial charge in [0.1, 0.15) is 5.84 Å². The minimum atomic E-state index is 0.808. The maximum absolute atomic E-state index is 4.50. The van der Waals surface area contributed by atoms with Gasteiger partial charge in [0, 0.05) is 22.8 Å². The van der Waals surface area contributed by atoms with Gasteiger partial charge in [-0.05, 0) is 35.8 Å². The monoisotopic (exact) mass is 353 g/mol. The number of nitrogens with zero attached hydrogens (tertiary/aromatic N) is 2. The Morgan fingerprint density at radius 3 is 2.95 bits per heavy atom. The molecule has 0 amide bonds. The molecule has 0 spiro atoms. The molecule has 0 saturated carbocycles. The summed E-state index contributed by atoms with van der Waals surface area (Å²) in [5, 5.41) is 4.23. The van der Waals surface area contributed by atoms with E-state index < -0.39 is 0 Å². The fourth-order valence-electron chi connectivity index (χ4n) is 2.34. The van der Waals surface area contributed by atoms with Gasteiger partial charge in [-0.15, -0.1) is 0 Å². The summed E-state index contributed by atoms with van der Waals surface area (Å²) in [7, 11) is 0. The van der Waals surface area contributed by atoms with E-state index in [2.05, 4.69) is 55.7 Å². The molecule has 2 aromatic carbocycles. The number of aliphatic imine (C=N–C) groups is 1. The summed E-state index contributed by atoms with van der Waals surface area (Å²) in [6.07, 6.45) is 6.64. The molecule has 110 valence electrons. The van der Waals surface area contributed by atoms with Gasteiger partial charge in [-0.2, -0.15) is 5.10 Å². The van der Waals surface area contributed by atoms with E-state index in [1.165, 1.54) is 5.56 Å². The van der Waals surface area contributed by atoms with Gasteiger partial charge in [-0.25, -0.2) is 0 Å². The van der Waals surface area contributed by atoms with E-state index in [0.717, 1.165) is 34.4 Å². The summed E-state index contributed by atoms with van der Waals surface area (Å²) < 4.78 is 1.07.